The Labute approximate surface area is 176 Å². The molecule has 146 valence electrons. The molecule has 2 N–H and O–H groups in total. The SMILES string of the molecule is O=C(CC1C(=O)NCCN1C(=O)c1ccc(Cl)cc1)Nc1cc(Cl)ccc1Cl. The summed E-state index contributed by atoms with van der Waals surface area (Å²) in [6, 6.07) is 10.1. The summed E-state index contributed by atoms with van der Waals surface area (Å²) in [6.07, 6.45) is -0.214. The molecule has 3 amide bonds. The molecule has 28 heavy (non-hydrogen) atoms. The summed E-state index contributed by atoms with van der Waals surface area (Å²) in [6.45, 7) is 0.611. The lowest BCUT2D eigenvalue weighted by Crippen LogP contribution is -2.58. The fourth-order valence-electron chi connectivity index (χ4n) is 2.89. The Morgan fingerprint density at radius 1 is 1.07 bits per heavy atom. The van der Waals surface area contributed by atoms with Gasteiger partial charge in [0.25, 0.3) is 5.91 Å². The van der Waals surface area contributed by atoms with Crippen LogP contribution in [-0.4, -0.2) is 41.8 Å². The number of anilines is 1. The van der Waals surface area contributed by atoms with Crippen LogP contribution in [0.1, 0.15) is 16.8 Å². The number of carbonyl (C=O) groups is 3. The van der Waals surface area contributed by atoms with Gasteiger partial charge in [0.1, 0.15) is 6.04 Å². The third kappa shape index (κ3) is 4.76. The van der Waals surface area contributed by atoms with Crippen molar-refractivity contribution in [2.24, 2.45) is 0 Å². The zero-order chi connectivity index (χ0) is 20.3. The van der Waals surface area contributed by atoms with E-state index in [9.17, 15) is 14.4 Å². The van der Waals surface area contributed by atoms with E-state index in [1.54, 1.807) is 36.4 Å². The number of amides is 3. The highest BCUT2D eigenvalue weighted by Crippen LogP contribution is 2.26. The minimum atomic E-state index is -0.935. The van der Waals surface area contributed by atoms with Gasteiger partial charge in [-0.1, -0.05) is 34.8 Å². The molecule has 9 heteroatoms. The van der Waals surface area contributed by atoms with Gasteiger partial charge in [0.15, 0.2) is 0 Å². The molecule has 3 rings (SSSR count). The number of hydrogen-bond acceptors (Lipinski definition) is 3. The summed E-state index contributed by atoms with van der Waals surface area (Å²) in [5.41, 5.74) is 0.730. The monoisotopic (exact) mass is 439 g/mol. The fourth-order valence-corrected chi connectivity index (χ4v) is 3.35. The maximum Gasteiger partial charge on any atom is 0.254 e. The van der Waals surface area contributed by atoms with Crippen LogP contribution in [0.3, 0.4) is 0 Å². The summed E-state index contributed by atoms with van der Waals surface area (Å²) < 4.78 is 0. The van der Waals surface area contributed by atoms with Crippen LogP contribution in [0.4, 0.5) is 5.69 Å². The van der Waals surface area contributed by atoms with E-state index in [4.69, 9.17) is 34.8 Å². The van der Waals surface area contributed by atoms with Gasteiger partial charge in [-0.25, -0.2) is 0 Å². The number of piperazine rings is 1. The average Bonchev–Trinajstić information content (AvgIpc) is 2.66. The quantitative estimate of drug-likeness (QED) is 0.762. The molecule has 2 aromatic carbocycles. The van der Waals surface area contributed by atoms with E-state index in [-0.39, 0.29) is 18.2 Å². The summed E-state index contributed by atoms with van der Waals surface area (Å²) in [5.74, 6) is -1.19. The number of nitrogens with zero attached hydrogens (tertiary/aromatic N) is 1. The predicted molar refractivity (Wildman–Crippen MR) is 109 cm³/mol. The average molecular weight is 441 g/mol. The molecule has 1 fully saturated rings. The number of benzene rings is 2. The van der Waals surface area contributed by atoms with Crippen LogP contribution in [0.25, 0.3) is 0 Å². The first-order valence-corrected chi connectivity index (χ1v) is 9.57. The lowest BCUT2D eigenvalue weighted by atomic mass is 10.1. The topological polar surface area (TPSA) is 78.5 Å². The van der Waals surface area contributed by atoms with Crippen molar-refractivity contribution in [1.29, 1.82) is 0 Å². The second-order valence-corrected chi connectivity index (χ2v) is 7.47. The van der Waals surface area contributed by atoms with E-state index >= 15 is 0 Å². The van der Waals surface area contributed by atoms with Gasteiger partial charge in [0, 0.05) is 28.7 Å². The molecular formula is C19H16Cl3N3O3. The third-order valence-corrected chi connectivity index (χ3v) is 5.08. The molecule has 1 saturated heterocycles. The molecular weight excluding hydrogens is 425 g/mol. The smallest absolute Gasteiger partial charge is 0.254 e. The van der Waals surface area contributed by atoms with Crippen molar-refractivity contribution in [3.8, 4) is 0 Å². The molecule has 0 saturated carbocycles. The van der Waals surface area contributed by atoms with Crippen LogP contribution < -0.4 is 10.6 Å². The Kier molecular flexibility index (Phi) is 6.44. The van der Waals surface area contributed by atoms with Crippen LogP contribution in [0.2, 0.25) is 15.1 Å². The first-order valence-electron chi connectivity index (χ1n) is 8.44. The van der Waals surface area contributed by atoms with Crippen molar-refractivity contribution >= 4 is 58.2 Å². The Balaban J connectivity index is 1.76. The number of hydrogen-bond donors (Lipinski definition) is 2. The molecule has 1 heterocycles. The highest BCUT2D eigenvalue weighted by Gasteiger charge is 2.35. The van der Waals surface area contributed by atoms with Gasteiger partial charge < -0.3 is 15.5 Å². The molecule has 0 spiro atoms. The molecule has 0 aromatic heterocycles. The van der Waals surface area contributed by atoms with Gasteiger partial charge in [0.05, 0.1) is 17.1 Å². The van der Waals surface area contributed by atoms with E-state index in [0.717, 1.165) is 0 Å². The van der Waals surface area contributed by atoms with Crippen LogP contribution in [0, 0.1) is 0 Å². The molecule has 1 unspecified atom stereocenters. The minimum Gasteiger partial charge on any atom is -0.353 e. The normalized spacial score (nSPS) is 16.5. The second kappa shape index (κ2) is 8.82. The van der Waals surface area contributed by atoms with E-state index in [2.05, 4.69) is 10.6 Å². The van der Waals surface area contributed by atoms with Crippen LogP contribution in [0.15, 0.2) is 42.5 Å². The van der Waals surface area contributed by atoms with E-state index in [1.807, 2.05) is 0 Å². The molecule has 1 atom stereocenters. The van der Waals surface area contributed by atoms with Crippen LogP contribution in [-0.2, 0) is 9.59 Å². The van der Waals surface area contributed by atoms with Crippen molar-refractivity contribution < 1.29 is 14.4 Å². The number of carbonyl (C=O) groups excluding carboxylic acids is 3. The molecule has 0 bridgehead atoms. The summed E-state index contributed by atoms with van der Waals surface area (Å²) in [7, 11) is 0. The Hall–Kier alpha value is -2.28. The Morgan fingerprint density at radius 2 is 1.75 bits per heavy atom. The van der Waals surface area contributed by atoms with E-state index < -0.39 is 11.9 Å². The largest absolute Gasteiger partial charge is 0.353 e. The minimum absolute atomic E-state index is 0.214. The molecule has 2 aromatic rings. The maximum absolute atomic E-state index is 12.8. The maximum atomic E-state index is 12.8. The van der Waals surface area contributed by atoms with Crippen LogP contribution >= 0.6 is 34.8 Å². The van der Waals surface area contributed by atoms with Gasteiger partial charge >= 0.3 is 0 Å². The Bertz CT molecular complexity index is 918. The predicted octanol–water partition coefficient (Wildman–Crippen LogP) is 3.62. The first kappa shape index (κ1) is 20.5. The van der Waals surface area contributed by atoms with Crippen molar-refractivity contribution in [1.82, 2.24) is 10.2 Å². The second-order valence-electron chi connectivity index (χ2n) is 6.19. The van der Waals surface area contributed by atoms with E-state index in [0.29, 0.717) is 39.4 Å². The standard InChI is InChI=1S/C19H16Cl3N3O3/c20-12-3-1-11(2-4-12)19(28)25-8-7-23-18(27)16(25)10-17(26)24-15-9-13(21)5-6-14(15)22/h1-6,9,16H,7-8,10H2,(H,23,27)(H,24,26). The van der Waals surface area contributed by atoms with Gasteiger partial charge in [-0.3, -0.25) is 14.4 Å². The van der Waals surface area contributed by atoms with Crippen LogP contribution in [0.5, 0.6) is 0 Å². The number of nitrogens with one attached hydrogen (secondary N) is 2. The van der Waals surface area contributed by atoms with Crippen molar-refractivity contribution in [3.05, 3.63) is 63.1 Å². The molecule has 1 aliphatic heterocycles. The fraction of sp³-hybridized carbons (Fsp3) is 0.211. The summed E-state index contributed by atoms with van der Waals surface area (Å²) in [4.78, 5) is 39.1. The van der Waals surface area contributed by atoms with Gasteiger partial charge in [0.2, 0.25) is 11.8 Å². The number of rotatable bonds is 4. The number of halogens is 3. The lowest BCUT2D eigenvalue weighted by molar-refractivity contribution is -0.131. The molecule has 0 aliphatic carbocycles. The van der Waals surface area contributed by atoms with Gasteiger partial charge in [-0.2, -0.15) is 0 Å². The van der Waals surface area contributed by atoms with Crippen molar-refractivity contribution in [3.63, 3.8) is 0 Å². The highest BCUT2D eigenvalue weighted by atomic mass is 35.5. The van der Waals surface area contributed by atoms with E-state index in [1.165, 1.54) is 11.0 Å². The lowest BCUT2D eigenvalue weighted by Gasteiger charge is -2.34. The van der Waals surface area contributed by atoms with Gasteiger partial charge in [-0.15, -0.1) is 0 Å². The Morgan fingerprint density at radius 3 is 2.46 bits per heavy atom. The summed E-state index contributed by atoms with van der Waals surface area (Å²) in [5, 5.41) is 6.55. The zero-order valence-electron chi connectivity index (χ0n) is 14.5. The third-order valence-electron chi connectivity index (χ3n) is 4.26. The highest BCUT2D eigenvalue weighted by molar-refractivity contribution is 6.35. The summed E-state index contributed by atoms with van der Waals surface area (Å²) >= 11 is 17.8. The molecule has 1 aliphatic rings. The molecule has 6 nitrogen and oxygen atoms in total. The first-order chi connectivity index (χ1) is 13.3. The van der Waals surface area contributed by atoms with Crippen molar-refractivity contribution in [2.45, 2.75) is 12.5 Å². The van der Waals surface area contributed by atoms with Gasteiger partial charge in [-0.05, 0) is 42.5 Å². The van der Waals surface area contributed by atoms with Crippen molar-refractivity contribution in [2.75, 3.05) is 18.4 Å². The molecule has 0 radical (unpaired) electrons. The zero-order valence-corrected chi connectivity index (χ0v) is 16.8.